The minimum absolute atomic E-state index is 0.178. The molecule has 1 aromatic heterocycles. The van der Waals surface area contributed by atoms with Gasteiger partial charge in [-0.3, -0.25) is 0 Å². The van der Waals surface area contributed by atoms with Crippen LogP contribution in [0.5, 0.6) is 0 Å². The SMILES string of the molecule is CCOCC(C)Nc1nc2c(cc1C(N)=S)CCCC2. The molecule has 110 valence electrons. The van der Waals surface area contributed by atoms with Crippen LogP contribution in [-0.4, -0.2) is 29.2 Å². The molecule has 0 radical (unpaired) electrons. The van der Waals surface area contributed by atoms with Crippen molar-refractivity contribution in [2.45, 2.75) is 45.6 Å². The predicted molar refractivity (Wildman–Crippen MR) is 86.3 cm³/mol. The van der Waals surface area contributed by atoms with Gasteiger partial charge in [0.15, 0.2) is 0 Å². The molecule has 1 aliphatic carbocycles. The molecule has 0 bridgehead atoms. The van der Waals surface area contributed by atoms with Gasteiger partial charge in [0.2, 0.25) is 0 Å². The van der Waals surface area contributed by atoms with Crippen molar-refractivity contribution >= 4 is 23.0 Å². The van der Waals surface area contributed by atoms with E-state index in [0.29, 0.717) is 18.2 Å². The van der Waals surface area contributed by atoms with Crippen LogP contribution in [-0.2, 0) is 17.6 Å². The number of hydrogen-bond donors (Lipinski definition) is 2. The quantitative estimate of drug-likeness (QED) is 0.789. The maximum absolute atomic E-state index is 5.84. The van der Waals surface area contributed by atoms with Gasteiger partial charge in [0, 0.05) is 18.3 Å². The second kappa shape index (κ2) is 6.99. The summed E-state index contributed by atoms with van der Waals surface area (Å²) in [5.41, 5.74) is 9.17. The molecule has 0 saturated heterocycles. The van der Waals surface area contributed by atoms with Crippen molar-refractivity contribution in [1.82, 2.24) is 4.98 Å². The van der Waals surface area contributed by atoms with Gasteiger partial charge >= 0.3 is 0 Å². The molecule has 0 saturated carbocycles. The van der Waals surface area contributed by atoms with E-state index in [-0.39, 0.29) is 6.04 Å². The number of nitrogens with one attached hydrogen (secondary N) is 1. The molecule has 4 nitrogen and oxygen atoms in total. The summed E-state index contributed by atoms with van der Waals surface area (Å²) < 4.78 is 5.43. The van der Waals surface area contributed by atoms with Crippen LogP contribution in [0, 0.1) is 0 Å². The van der Waals surface area contributed by atoms with E-state index in [0.717, 1.165) is 24.2 Å². The van der Waals surface area contributed by atoms with Crippen molar-refractivity contribution in [3.05, 3.63) is 22.9 Å². The number of nitrogens with two attached hydrogens (primary N) is 1. The van der Waals surface area contributed by atoms with Gasteiger partial charge in [0.25, 0.3) is 0 Å². The van der Waals surface area contributed by atoms with Crippen molar-refractivity contribution in [1.29, 1.82) is 0 Å². The number of fused-ring (bicyclic) bond motifs is 1. The lowest BCUT2D eigenvalue weighted by Gasteiger charge is -2.21. The number of rotatable bonds is 6. The summed E-state index contributed by atoms with van der Waals surface area (Å²) in [5.74, 6) is 0.797. The summed E-state index contributed by atoms with van der Waals surface area (Å²) in [6.07, 6.45) is 4.55. The summed E-state index contributed by atoms with van der Waals surface area (Å²) in [5, 5.41) is 3.37. The highest BCUT2D eigenvalue weighted by Gasteiger charge is 2.17. The van der Waals surface area contributed by atoms with Crippen LogP contribution in [0.2, 0.25) is 0 Å². The molecule has 1 unspecified atom stereocenters. The third-order valence-electron chi connectivity index (χ3n) is 3.52. The van der Waals surface area contributed by atoms with Crippen molar-refractivity contribution in [3.63, 3.8) is 0 Å². The first-order chi connectivity index (χ1) is 9.61. The highest BCUT2D eigenvalue weighted by Crippen LogP contribution is 2.25. The van der Waals surface area contributed by atoms with Gasteiger partial charge in [-0.1, -0.05) is 12.2 Å². The van der Waals surface area contributed by atoms with Crippen LogP contribution in [0.25, 0.3) is 0 Å². The van der Waals surface area contributed by atoms with Crippen LogP contribution in [0.4, 0.5) is 5.82 Å². The number of hydrogen-bond acceptors (Lipinski definition) is 4. The van der Waals surface area contributed by atoms with Crippen LogP contribution in [0.15, 0.2) is 6.07 Å². The largest absolute Gasteiger partial charge is 0.389 e. The maximum atomic E-state index is 5.84. The summed E-state index contributed by atoms with van der Waals surface area (Å²) >= 11 is 5.16. The molecule has 2 rings (SSSR count). The van der Waals surface area contributed by atoms with Gasteiger partial charge in [-0.2, -0.15) is 0 Å². The number of thiocarbonyl (C=S) groups is 1. The third kappa shape index (κ3) is 3.67. The van der Waals surface area contributed by atoms with Gasteiger partial charge in [0.1, 0.15) is 10.8 Å². The third-order valence-corrected chi connectivity index (χ3v) is 3.74. The highest BCUT2D eigenvalue weighted by molar-refractivity contribution is 7.80. The number of ether oxygens (including phenoxy) is 1. The zero-order chi connectivity index (χ0) is 14.5. The van der Waals surface area contributed by atoms with Crippen molar-refractivity contribution in [2.75, 3.05) is 18.5 Å². The zero-order valence-electron chi connectivity index (χ0n) is 12.2. The first-order valence-corrected chi connectivity index (χ1v) is 7.69. The fraction of sp³-hybridized carbons (Fsp3) is 0.600. The summed E-state index contributed by atoms with van der Waals surface area (Å²) in [4.78, 5) is 5.15. The Hall–Kier alpha value is -1.20. The molecule has 0 spiro atoms. The average molecular weight is 293 g/mol. The number of aromatic nitrogens is 1. The molecule has 1 aliphatic rings. The molecule has 0 amide bonds. The van der Waals surface area contributed by atoms with Gasteiger partial charge in [-0.25, -0.2) is 4.98 Å². The van der Waals surface area contributed by atoms with E-state index in [1.807, 2.05) is 6.92 Å². The second-order valence-corrected chi connectivity index (χ2v) is 5.71. The minimum atomic E-state index is 0.178. The van der Waals surface area contributed by atoms with E-state index in [9.17, 15) is 0 Å². The Bertz CT molecular complexity index is 490. The summed E-state index contributed by atoms with van der Waals surface area (Å²) in [7, 11) is 0. The standard InChI is InChI=1S/C15H23N3OS/c1-3-19-9-10(2)17-15-12(14(16)20)8-11-6-4-5-7-13(11)18-15/h8,10H,3-7,9H2,1-2H3,(H2,16,20)(H,17,18). The van der Waals surface area contributed by atoms with Crippen LogP contribution >= 0.6 is 12.2 Å². The number of aryl methyl sites for hydroxylation is 2. The molecule has 0 aliphatic heterocycles. The van der Waals surface area contributed by atoms with Crippen LogP contribution < -0.4 is 11.1 Å². The van der Waals surface area contributed by atoms with E-state index >= 15 is 0 Å². The lowest BCUT2D eigenvalue weighted by molar-refractivity contribution is 0.141. The number of nitrogens with zero attached hydrogens (tertiary/aromatic N) is 1. The van der Waals surface area contributed by atoms with Crippen molar-refractivity contribution < 1.29 is 4.74 Å². The maximum Gasteiger partial charge on any atom is 0.136 e. The van der Waals surface area contributed by atoms with Gasteiger partial charge in [-0.05, 0) is 51.2 Å². The van der Waals surface area contributed by atoms with Crippen LogP contribution in [0.3, 0.4) is 0 Å². The first kappa shape index (κ1) is 15.2. The fourth-order valence-electron chi connectivity index (χ4n) is 2.50. The Morgan fingerprint density at radius 2 is 2.25 bits per heavy atom. The summed E-state index contributed by atoms with van der Waals surface area (Å²) in [6, 6.07) is 2.29. The molecule has 1 heterocycles. The zero-order valence-corrected chi connectivity index (χ0v) is 13.1. The fourth-order valence-corrected chi connectivity index (χ4v) is 2.66. The Morgan fingerprint density at radius 1 is 1.50 bits per heavy atom. The van der Waals surface area contributed by atoms with E-state index < -0.39 is 0 Å². The molecule has 1 aromatic rings. The molecule has 0 aromatic carbocycles. The predicted octanol–water partition coefficient (Wildman–Crippen LogP) is 2.43. The molecular formula is C15H23N3OS. The molecule has 20 heavy (non-hydrogen) atoms. The number of pyridine rings is 1. The second-order valence-electron chi connectivity index (χ2n) is 5.27. The topological polar surface area (TPSA) is 60.2 Å². The van der Waals surface area contributed by atoms with E-state index in [4.69, 9.17) is 27.7 Å². The number of anilines is 1. The molecule has 5 heteroatoms. The smallest absolute Gasteiger partial charge is 0.136 e. The Labute approximate surface area is 126 Å². The Morgan fingerprint density at radius 3 is 2.95 bits per heavy atom. The van der Waals surface area contributed by atoms with E-state index in [1.165, 1.54) is 24.1 Å². The van der Waals surface area contributed by atoms with Gasteiger partial charge in [0.05, 0.1) is 12.2 Å². The monoisotopic (exact) mass is 293 g/mol. The Kier molecular flexibility index (Phi) is 5.31. The first-order valence-electron chi connectivity index (χ1n) is 7.28. The average Bonchev–Trinajstić information content (AvgIpc) is 2.44. The minimum Gasteiger partial charge on any atom is -0.389 e. The molecular weight excluding hydrogens is 270 g/mol. The molecule has 1 atom stereocenters. The van der Waals surface area contributed by atoms with Crippen LogP contribution in [0.1, 0.15) is 43.5 Å². The Balaban J connectivity index is 2.23. The van der Waals surface area contributed by atoms with E-state index in [1.54, 1.807) is 0 Å². The van der Waals surface area contributed by atoms with Crippen molar-refractivity contribution in [3.8, 4) is 0 Å². The summed E-state index contributed by atoms with van der Waals surface area (Å²) in [6.45, 7) is 5.42. The normalized spacial score (nSPS) is 15.5. The lowest BCUT2D eigenvalue weighted by Crippen LogP contribution is -2.26. The highest BCUT2D eigenvalue weighted by atomic mass is 32.1. The lowest BCUT2D eigenvalue weighted by atomic mass is 9.94. The molecule has 0 fully saturated rings. The van der Waals surface area contributed by atoms with E-state index in [2.05, 4.69) is 18.3 Å². The molecule has 3 N–H and O–H groups in total. The van der Waals surface area contributed by atoms with Gasteiger partial charge < -0.3 is 15.8 Å². The van der Waals surface area contributed by atoms with Gasteiger partial charge in [-0.15, -0.1) is 0 Å². The van der Waals surface area contributed by atoms with Crippen molar-refractivity contribution in [2.24, 2.45) is 5.73 Å².